The highest BCUT2D eigenvalue weighted by atomic mass is 19.1. The van der Waals surface area contributed by atoms with E-state index in [1.54, 1.807) is 4.90 Å². The van der Waals surface area contributed by atoms with Crippen molar-refractivity contribution in [1.82, 2.24) is 10.2 Å². The van der Waals surface area contributed by atoms with Crippen LogP contribution >= 0.6 is 0 Å². The maximum absolute atomic E-state index is 13.2. The first kappa shape index (κ1) is 20.7. The third kappa shape index (κ3) is 5.97. The number of carbonyl (C=O) groups is 2. The van der Waals surface area contributed by atoms with Crippen LogP contribution < -0.4 is 10.6 Å². The minimum absolute atomic E-state index is 0.0816. The molecule has 1 aliphatic rings. The lowest BCUT2D eigenvalue weighted by molar-refractivity contribution is 0.0949. The average Bonchev–Trinajstić information content (AvgIpc) is 2.68. The molecule has 5 nitrogen and oxygen atoms in total. The fourth-order valence-corrected chi connectivity index (χ4v) is 3.35. The Labute approximate surface area is 166 Å². The average molecular weight is 405 g/mol. The third-order valence-corrected chi connectivity index (χ3v) is 4.96. The molecule has 1 saturated heterocycles. The van der Waals surface area contributed by atoms with E-state index in [-0.39, 0.29) is 17.4 Å². The number of piperidine rings is 1. The monoisotopic (exact) mass is 405 g/mol. The number of carbonyl (C=O) groups excluding carboxylic acids is 2. The number of nitrogens with one attached hydrogen (secondary N) is 2. The summed E-state index contributed by atoms with van der Waals surface area (Å²) < 4.78 is 39.3. The summed E-state index contributed by atoms with van der Waals surface area (Å²) in [5, 5.41) is 5.33. The Morgan fingerprint density at radius 1 is 0.931 bits per heavy atom. The quantitative estimate of drug-likeness (QED) is 0.785. The van der Waals surface area contributed by atoms with Crippen LogP contribution in [0, 0.1) is 23.4 Å². The Kier molecular flexibility index (Phi) is 6.74. The van der Waals surface area contributed by atoms with E-state index in [2.05, 4.69) is 10.6 Å². The van der Waals surface area contributed by atoms with Crippen molar-refractivity contribution < 1.29 is 22.8 Å². The molecule has 0 bridgehead atoms. The van der Waals surface area contributed by atoms with Crippen molar-refractivity contribution in [3.05, 3.63) is 65.5 Å². The summed E-state index contributed by atoms with van der Waals surface area (Å²) in [5.74, 6) is -1.77. The van der Waals surface area contributed by atoms with Crippen LogP contribution in [0.25, 0.3) is 0 Å². The van der Waals surface area contributed by atoms with E-state index in [1.807, 2.05) is 0 Å². The summed E-state index contributed by atoms with van der Waals surface area (Å²) in [6, 6.07) is 7.85. The predicted molar refractivity (Wildman–Crippen MR) is 103 cm³/mol. The maximum atomic E-state index is 13.2. The summed E-state index contributed by atoms with van der Waals surface area (Å²) in [7, 11) is 0. The summed E-state index contributed by atoms with van der Waals surface area (Å²) in [6.07, 6.45) is 2.33. The molecule has 2 aromatic carbocycles. The van der Waals surface area contributed by atoms with E-state index in [1.165, 1.54) is 24.3 Å². The largest absolute Gasteiger partial charge is 0.352 e. The van der Waals surface area contributed by atoms with Gasteiger partial charge in [0.1, 0.15) is 17.5 Å². The topological polar surface area (TPSA) is 61.4 Å². The van der Waals surface area contributed by atoms with Crippen molar-refractivity contribution in [3.63, 3.8) is 0 Å². The van der Waals surface area contributed by atoms with E-state index in [4.69, 9.17) is 0 Å². The van der Waals surface area contributed by atoms with Gasteiger partial charge in [-0.15, -0.1) is 0 Å². The fourth-order valence-electron chi connectivity index (χ4n) is 3.35. The van der Waals surface area contributed by atoms with Gasteiger partial charge in [0, 0.05) is 37.0 Å². The molecule has 0 radical (unpaired) electrons. The van der Waals surface area contributed by atoms with Gasteiger partial charge in [0.25, 0.3) is 5.91 Å². The van der Waals surface area contributed by atoms with Crippen LogP contribution in [-0.2, 0) is 0 Å². The van der Waals surface area contributed by atoms with Crippen LogP contribution in [0.2, 0.25) is 0 Å². The molecule has 0 saturated carbocycles. The fraction of sp³-hybridized carbons (Fsp3) is 0.333. The van der Waals surface area contributed by atoms with Crippen LogP contribution in [-0.4, -0.2) is 36.5 Å². The van der Waals surface area contributed by atoms with Gasteiger partial charge in [-0.3, -0.25) is 4.79 Å². The van der Waals surface area contributed by atoms with E-state index in [0.717, 1.165) is 37.5 Å². The van der Waals surface area contributed by atoms with Crippen molar-refractivity contribution in [2.45, 2.75) is 19.3 Å². The second-order valence-corrected chi connectivity index (χ2v) is 7.07. The van der Waals surface area contributed by atoms with Gasteiger partial charge >= 0.3 is 6.03 Å². The number of likely N-dealkylation sites (tertiary alicyclic amines) is 1. The molecule has 1 fully saturated rings. The van der Waals surface area contributed by atoms with Gasteiger partial charge in [-0.2, -0.15) is 0 Å². The summed E-state index contributed by atoms with van der Waals surface area (Å²) >= 11 is 0. The van der Waals surface area contributed by atoms with Crippen LogP contribution in [0.1, 0.15) is 29.6 Å². The zero-order chi connectivity index (χ0) is 20.8. The molecule has 154 valence electrons. The van der Waals surface area contributed by atoms with Crippen LogP contribution in [0.4, 0.5) is 23.7 Å². The molecule has 29 heavy (non-hydrogen) atoms. The first-order chi connectivity index (χ1) is 13.9. The van der Waals surface area contributed by atoms with Crippen molar-refractivity contribution in [2.75, 3.05) is 25.0 Å². The molecule has 2 aromatic rings. The first-order valence-corrected chi connectivity index (χ1v) is 9.46. The molecule has 3 amide bonds. The molecule has 0 unspecified atom stereocenters. The molecular formula is C21H22F3N3O2. The Hall–Kier alpha value is -3.03. The number of benzene rings is 2. The number of urea groups is 1. The van der Waals surface area contributed by atoms with Gasteiger partial charge in [0.2, 0.25) is 0 Å². The molecular weight excluding hydrogens is 383 g/mol. The van der Waals surface area contributed by atoms with Gasteiger partial charge in [0.15, 0.2) is 0 Å². The molecule has 0 aliphatic carbocycles. The number of nitrogens with zero attached hydrogens (tertiary/aromatic N) is 1. The second-order valence-electron chi connectivity index (χ2n) is 7.07. The molecule has 1 aliphatic heterocycles. The highest BCUT2D eigenvalue weighted by Gasteiger charge is 2.23. The Morgan fingerprint density at radius 3 is 2.17 bits per heavy atom. The number of amides is 3. The van der Waals surface area contributed by atoms with Gasteiger partial charge < -0.3 is 15.5 Å². The van der Waals surface area contributed by atoms with Gasteiger partial charge in [-0.05, 0) is 61.6 Å². The zero-order valence-corrected chi connectivity index (χ0v) is 15.8. The zero-order valence-electron chi connectivity index (χ0n) is 15.8. The molecule has 2 N–H and O–H groups in total. The van der Waals surface area contributed by atoms with Crippen LogP contribution in [0.15, 0.2) is 42.5 Å². The van der Waals surface area contributed by atoms with Crippen molar-refractivity contribution in [1.29, 1.82) is 0 Å². The second kappa shape index (κ2) is 9.45. The lowest BCUT2D eigenvalue weighted by Crippen LogP contribution is -2.41. The minimum atomic E-state index is -0.748. The number of halogens is 3. The van der Waals surface area contributed by atoms with Crippen molar-refractivity contribution >= 4 is 17.6 Å². The third-order valence-electron chi connectivity index (χ3n) is 4.96. The smallest absolute Gasteiger partial charge is 0.321 e. The number of anilines is 1. The highest BCUT2D eigenvalue weighted by molar-refractivity contribution is 5.94. The Morgan fingerprint density at radius 2 is 1.55 bits per heavy atom. The highest BCUT2D eigenvalue weighted by Crippen LogP contribution is 2.21. The number of hydrogen-bond acceptors (Lipinski definition) is 2. The van der Waals surface area contributed by atoms with Gasteiger partial charge in [-0.25, -0.2) is 18.0 Å². The van der Waals surface area contributed by atoms with Crippen molar-refractivity contribution in [3.8, 4) is 0 Å². The van der Waals surface area contributed by atoms with E-state index in [9.17, 15) is 22.8 Å². The molecule has 8 heteroatoms. The maximum Gasteiger partial charge on any atom is 0.321 e. The predicted octanol–water partition coefficient (Wildman–Crippen LogP) is 4.17. The van der Waals surface area contributed by atoms with Crippen LogP contribution in [0.3, 0.4) is 0 Å². The Balaban J connectivity index is 1.39. The van der Waals surface area contributed by atoms with E-state index >= 15 is 0 Å². The summed E-state index contributed by atoms with van der Waals surface area (Å²) in [6.45, 7) is 1.55. The molecule has 3 rings (SSSR count). The lowest BCUT2D eigenvalue weighted by Gasteiger charge is -2.32. The lowest BCUT2D eigenvalue weighted by atomic mass is 9.93. The standard InChI is InChI=1S/C21H22F3N3O2/c22-16-3-1-15(2-4-16)20(28)25-8-5-14-6-9-27(10-7-14)21(29)26-19-12-17(23)11-18(24)13-19/h1-4,11-14H,5-10H2,(H,25,28)(H,26,29). The minimum Gasteiger partial charge on any atom is -0.352 e. The van der Waals surface area contributed by atoms with Gasteiger partial charge in [0.05, 0.1) is 0 Å². The van der Waals surface area contributed by atoms with Crippen molar-refractivity contribution in [2.24, 2.45) is 5.92 Å². The van der Waals surface area contributed by atoms with Gasteiger partial charge in [-0.1, -0.05) is 0 Å². The normalized spacial score (nSPS) is 14.5. The molecule has 0 aromatic heterocycles. The molecule has 1 heterocycles. The number of hydrogen-bond donors (Lipinski definition) is 2. The summed E-state index contributed by atoms with van der Waals surface area (Å²) in [5.41, 5.74) is 0.491. The first-order valence-electron chi connectivity index (χ1n) is 9.46. The number of rotatable bonds is 5. The molecule has 0 spiro atoms. The SMILES string of the molecule is O=C(NCCC1CCN(C(=O)Nc2cc(F)cc(F)c2)CC1)c1ccc(F)cc1. The molecule has 0 atom stereocenters. The van der Waals surface area contributed by atoms with E-state index in [0.29, 0.717) is 31.1 Å². The summed E-state index contributed by atoms with van der Waals surface area (Å²) in [4.78, 5) is 25.9. The van der Waals surface area contributed by atoms with Crippen LogP contribution in [0.5, 0.6) is 0 Å². The Bertz CT molecular complexity index is 846. The van der Waals surface area contributed by atoms with E-state index < -0.39 is 17.7 Å².